The number of piperazine rings is 1. The van der Waals surface area contributed by atoms with Gasteiger partial charge in [-0.25, -0.2) is 9.97 Å². The van der Waals surface area contributed by atoms with Gasteiger partial charge in [-0.05, 0) is 43.7 Å². The SMILES string of the molecule is CCOc1nc(N2CCNCC2)nc2c1sc1nc(-c3ccccc3)c3c(c12)CCCC3.Cl. The van der Waals surface area contributed by atoms with Gasteiger partial charge in [-0.1, -0.05) is 30.3 Å². The van der Waals surface area contributed by atoms with Crippen molar-refractivity contribution in [3.05, 3.63) is 41.5 Å². The molecule has 1 aliphatic carbocycles. The molecule has 6 rings (SSSR count). The summed E-state index contributed by atoms with van der Waals surface area (Å²) in [4.78, 5) is 18.5. The lowest BCUT2D eigenvalue weighted by Gasteiger charge is -2.27. The van der Waals surface area contributed by atoms with Crippen LogP contribution in [0.1, 0.15) is 30.9 Å². The lowest BCUT2D eigenvalue weighted by Crippen LogP contribution is -2.44. The Bertz CT molecular complexity index is 1290. The van der Waals surface area contributed by atoms with E-state index < -0.39 is 0 Å². The van der Waals surface area contributed by atoms with Crippen molar-refractivity contribution in [2.75, 3.05) is 37.7 Å². The van der Waals surface area contributed by atoms with E-state index in [-0.39, 0.29) is 12.4 Å². The molecule has 172 valence electrons. The van der Waals surface area contributed by atoms with Gasteiger partial charge in [0.15, 0.2) is 0 Å². The van der Waals surface area contributed by atoms with Crippen LogP contribution in [0.5, 0.6) is 5.88 Å². The van der Waals surface area contributed by atoms with Gasteiger partial charge in [-0.2, -0.15) is 4.98 Å². The lowest BCUT2D eigenvalue weighted by atomic mass is 9.87. The number of fused-ring (bicyclic) bond motifs is 5. The molecular weight excluding hydrogens is 454 g/mol. The van der Waals surface area contributed by atoms with Crippen molar-refractivity contribution in [2.45, 2.75) is 32.6 Å². The van der Waals surface area contributed by atoms with E-state index in [9.17, 15) is 0 Å². The summed E-state index contributed by atoms with van der Waals surface area (Å²) < 4.78 is 7.05. The normalized spacial score (nSPS) is 16.0. The maximum absolute atomic E-state index is 6.03. The standard InChI is InChI=1S/C25H27N5OS.ClH/c1-2-31-23-22-21(28-25(29-23)30-14-12-26-13-15-30)19-17-10-6-7-11-18(17)20(27-24(19)32-22)16-8-4-3-5-9-16;/h3-5,8-9,26H,2,6-7,10-15H2,1H3;1H. The van der Waals surface area contributed by atoms with Crippen molar-refractivity contribution in [2.24, 2.45) is 0 Å². The van der Waals surface area contributed by atoms with E-state index >= 15 is 0 Å². The topological polar surface area (TPSA) is 63.2 Å². The van der Waals surface area contributed by atoms with Crippen molar-refractivity contribution in [3.8, 4) is 17.1 Å². The van der Waals surface area contributed by atoms with Crippen LogP contribution in [0.2, 0.25) is 0 Å². The Labute approximate surface area is 203 Å². The van der Waals surface area contributed by atoms with Gasteiger partial charge >= 0.3 is 0 Å². The van der Waals surface area contributed by atoms with Gasteiger partial charge < -0.3 is 15.0 Å². The molecule has 4 aromatic rings. The van der Waals surface area contributed by atoms with Crippen LogP contribution >= 0.6 is 23.7 Å². The van der Waals surface area contributed by atoms with Crippen LogP contribution in [0.25, 0.3) is 31.7 Å². The molecular formula is C25H28ClN5OS. The molecule has 0 saturated carbocycles. The zero-order chi connectivity index (χ0) is 21.5. The highest BCUT2D eigenvalue weighted by atomic mass is 35.5. The molecule has 1 fully saturated rings. The van der Waals surface area contributed by atoms with Gasteiger partial charge in [0.1, 0.15) is 15.0 Å². The van der Waals surface area contributed by atoms with Gasteiger partial charge in [0.05, 0.1) is 12.3 Å². The summed E-state index contributed by atoms with van der Waals surface area (Å²) in [7, 11) is 0. The molecule has 1 aliphatic heterocycles. The number of nitrogens with zero attached hydrogens (tertiary/aromatic N) is 4. The van der Waals surface area contributed by atoms with Crippen LogP contribution < -0.4 is 15.0 Å². The number of hydrogen-bond donors (Lipinski definition) is 1. The van der Waals surface area contributed by atoms with Crippen LogP contribution in [-0.2, 0) is 12.8 Å². The number of hydrogen-bond acceptors (Lipinski definition) is 7. The average molecular weight is 482 g/mol. The van der Waals surface area contributed by atoms with Crippen LogP contribution in [-0.4, -0.2) is 47.7 Å². The zero-order valence-electron chi connectivity index (χ0n) is 18.8. The number of halogens is 1. The summed E-state index contributed by atoms with van der Waals surface area (Å²) in [6.07, 6.45) is 4.59. The van der Waals surface area contributed by atoms with E-state index in [1.54, 1.807) is 11.3 Å². The second kappa shape index (κ2) is 9.41. The van der Waals surface area contributed by atoms with Crippen LogP contribution in [0.3, 0.4) is 0 Å². The third-order valence-corrected chi connectivity index (χ3v) is 7.53. The van der Waals surface area contributed by atoms with Crippen LogP contribution in [0, 0.1) is 0 Å². The lowest BCUT2D eigenvalue weighted by molar-refractivity contribution is 0.331. The summed E-state index contributed by atoms with van der Waals surface area (Å²) >= 11 is 1.67. The molecule has 6 nitrogen and oxygen atoms in total. The van der Waals surface area contributed by atoms with Gasteiger partial charge in [0.2, 0.25) is 11.8 Å². The quantitative estimate of drug-likeness (QED) is 0.441. The molecule has 0 radical (unpaired) electrons. The summed E-state index contributed by atoms with van der Waals surface area (Å²) in [5.41, 5.74) is 6.17. The fourth-order valence-corrected chi connectivity index (χ4v) is 6.06. The molecule has 1 N–H and O–H groups in total. The number of benzene rings is 1. The summed E-state index contributed by atoms with van der Waals surface area (Å²) in [5.74, 6) is 1.47. The number of aryl methyl sites for hydroxylation is 1. The molecule has 0 amide bonds. The Balaban J connectivity index is 0.00000228. The molecule has 0 unspecified atom stereocenters. The second-order valence-electron chi connectivity index (χ2n) is 8.45. The van der Waals surface area contributed by atoms with Gasteiger partial charge in [-0.15, -0.1) is 23.7 Å². The Morgan fingerprint density at radius 2 is 1.76 bits per heavy atom. The highest BCUT2D eigenvalue weighted by molar-refractivity contribution is 7.25. The predicted molar refractivity (Wildman–Crippen MR) is 138 cm³/mol. The van der Waals surface area contributed by atoms with Crippen molar-refractivity contribution in [1.82, 2.24) is 20.3 Å². The zero-order valence-corrected chi connectivity index (χ0v) is 20.4. The van der Waals surface area contributed by atoms with Gasteiger partial charge in [0.25, 0.3) is 0 Å². The van der Waals surface area contributed by atoms with Crippen LogP contribution in [0.15, 0.2) is 30.3 Å². The number of rotatable bonds is 4. The number of nitrogens with one attached hydrogen (secondary N) is 1. The van der Waals surface area contributed by atoms with E-state index in [0.29, 0.717) is 12.5 Å². The third kappa shape index (κ3) is 3.92. The van der Waals surface area contributed by atoms with Crippen molar-refractivity contribution >= 4 is 50.1 Å². The maximum atomic E-state index is 6.03. The number of anilines is 1. The highest BCUT2D eigenvalue weighted by Gasteiger charge is 2.26. The monoisotopic (exact) mass is 481 g/mol. The third-order valence-electron chi connectivity index (χ3n) is 6.47. The van der Waals surface area contributed by atoms with Gasteiger partial charge in [-0.3, -0.25) is 0 Å². The second-order valence-corrected chi connectivity index (χ2v) is 9.45. The molecule has 0 spiro atoms. The van der Waals surface area contributed by atoms with Crippen molar-refractivity contribution < 1.29 is 4.74 Å². The van der Waals surface area contributed by atoms with Gasteiger partial charge in [0, 0.05) is 37.1 Å². The fourth-order valence-electron chi connectivity index (χ4n) is 4.97. The first-order chi connectivity index (χ1) is 15.8. The molecule has 4 heterocycles. The Hall–Kier alpha value is -2.48. The smallest absolute Gasteiger partial charge is 0.236 e. The predicted octanol–water partition coefficient (Wildman–Crippen LogP) is 5.02. The largest absolute Gasteiger partial charge is 0.477 e. The van der Waals surface area contributed by atoms with E-state index in [0.717, 1.165) is 65.7 Å². The maximum Gasteiger partial charge on any atom is 0.236 e. The van der Waals surface area contributed by atoms with E-state index in [1.807, 2.05) is 6.92 Å². The van der Waals surface area contributed by atoms with E-state index in [2.05, 4.69) is 40.5 Å². The number of thiophene rings is 1. The van der Waals surface area contributed by atoms with Crippen molar-refractivity contribution in [1.29, 1.82) is 0 Å². The van der Waals surface area contributed by atoms with Crippen LogP contribution in [0.4, 0.5) is 5.95 Å². The molecule has 8 heteroatoms. The highest BCUT2D eigenvalue weighted by Crippen LogP contribution is 2.44. The van der Waals surface area contributed by atoms with E-state index in [4.69, 9.17) is 19.7 Å². The molecule has 1 saturated heterocycles. The molecule has 0 atom stereocenters. The van der Waals surface area contributed by atoms with Crippen molar-refractivity contribution in [3.63, 3.8) is 0 Å². The summed E-state index contributed by atoms with van der Waals surface area (Å²) in [6, 6.07) is 10.6. The molecule has 33 heavy (non-hydrogen) atoms. The minimum Gasteiger partial charge on any atom is -0.477 e. The summed E-state index contributed by atoms with van der Waals surface area (Å²) in [5, 5.41) is 4.63. The summed E-state index contributed by atoms with van der Waals surface area (Å²) in [6.45, 7) is 6.32. The first-order valence-corrected chi connectivity index (χ1v) is 12.4. The Morgan fingerprint density at radius 3 is 2.52 bits per heavy atom. The Kier molecular flexibility index (Phi) is 6.36. The van der Waals surface area contributed by atoms with E-state index in [1.165, 1.54) is 34.9 Å². The number of pyridine rings is 1. The first kappa shape index (κ1) is 22.3. The minimum absolute atomic E-state index is 0. The molecule has 2 aliphatic rings. The molecule has 1 aromatic carbocycles. The molecule has 3 aromatic heterocycles. The fraction of sp³-hybridized carbons (Fsp3) is 0.400. The first-order valence-electron chi connectivity index (χ1n) is 11.6. The minimum atomic E-state index is 0. The average Bonchev–Trinajstić information content (AvgIpc) is 3.24. The molecule has 0 bridgehead atoms. The number of aromatic nitrogens is 3. The number of ether oxygens (including phenoxy) is 1. The Morgan fingerprint density at radius 1 is 1.00 bits per heavy atom.